The van der Waals surface area contributed by atoms with Crippen molar-refractivity contribution < 1.29 is 17.9 Å². The van der Waals surface area contributed by atoms with Crippen molar-refractivity contribution in [2.75, 3.05) is 4.72 Å². The van der Waals surface area contributed by atoms with Crippen LogP contribution in [0.1, 0.15) is 55.1 Å². The number of sulfonamides is 1. The van der Waals surface area contributed by atoms with Crippen LogP contribution in [0.2, 0.25) is 0 Å². The highest BCUT2D eigenvalue weighted by atomic mass is 32.2. The molecule has 0 fully saturated rings. The topological polar surface area (TPSA) is 84.5 Å². The van der Waals surface area contributed by atoms with Gasteiger partial charge in [-0.1, -0.05) is 62.4 Å². The van der Waals surface area contributed by atoms with Gasteiger partial charge < -0.3 is 10.1 Å². The maximum atomic E-state index is 13.4. The van der Waals surface area contributed by atoms with Crippen LogP contribution >= 0.6 is 0 Å². The summed E-state index contributed by atoms with van der Waals surface area (Å²) in [7, 11) is -3.83. The molecule has 6 nitrogen and oxygen atoms in total. The minimum absolute atomic E-state index is 0.134. The molecule has 0 spiro atoms. The summed E-state index contributed by atoms with van der Waals surface area (Å²) in [5.41, 5.74) is 1.06. The van der Waals surface area contributed by atoms with E-state index < -0.39 is 10.0 Å². The summed E-state index contributed by atoms with van der Waals surface area (Å²) in [5, 5.41) is 3.13. The van der Waals surface area contributed by atoms with Crippen LogP contribution in [0.5, 0.6) is 5.75 Å². The first-order valence-corrected chi connectivity index (χ1v) is 12.6. The van der Waals surface area contributed by atoms with Gasteiger partial charge in [-0.15, -0.1) is 0 Å². The molecule has 0 bridgehead atoms. The van der Waals surface area contributed by atoms with Crippen LogP contribution in [0.15, 0.2) is 83.8 Å². The molecule has 7 heteroatoms. The number of carbonyl (C=O) groups excluding carboxylic acids is 1. The molecule has 0 saturated heterocycles. The Hall–Kier alpha value is -3.32. The van der Waals surface area contributed by atoms with E-state index in [1.54, 1.807) is 42.5 Å². The first-order chi connectivity index (χ1) is 15.9. The number of para-hydroxylation sites is 2. The molecule has 1 amide bonds. The number of hydrogen-bond donors (Lipinski definition) is 2. The normalized spacial score (nSPS) is 16.8. The number of ether oxygens (including phenoxy) is 1. The fourth-order valence-electron chi connectivity index (χ4n) is 4.24. The molecule has 0 aromatic heterocycles. The van der Waals surface area contributed by atoms with Gasteiger partial charge in [0, 0.05) is 12.0 Å². The smallest absolute Gasteiger partial charge is 0.261 e. The van der Waals surface area contributed by atoms with Gasteiger partial charge >= 0.3 is 0 Å². The van der Waals surface area contributed by atoms with E-state index >= 15 is 0 Å². The fraction of sp³-hybridized carbons (Fsp3) is 0.269. The minimum atomic E-state index is -3.83. The van der Waals surface area contributed by atoms with E-state index in [0.717, 1.165) is 24.2 Å². The summed E-state index contributed by atoms with van der Waals surface area (Å²) in [4.78, 5) is 13.5. The van der Waals surface area contributed by atoms with E-state index in [9.17, 15) is 13.2 Å². The Morgan fingerprint density at radius 2 is 1.58 bits per heavy atom. The molecule has 3 aromatic carbocycles. The lowest BCUT2D eigenvalue weighted by atomic mass is 9.83. The molecule has 0 saturated carbocycles. The molecule has 1 unspecified atom stereocenters. The number of rotatable bonds is 7. The SMILES string of the molecule is CCC1(CC)CC(NC(=O)c2ccccc2NS(=O)(=O)c2ccccc2)c2ccccc2O1. The van der Waals surface area contributed by atoms with Crippen molar-refractivity contribution >= 4 is 21.6 Å². The maximum Gasteiger partial charge on any atom is 0.261 e. The van der Waals surface area contributed by atoms with Gasteiger partial charge in [0.1, 0.15) is 11.4 Å². The first-order valence-electron chi connectivity index (χ1n) is 11.1. The maximum absolute atomic E-state index is 13.4. The number of anilines is 1. The van der Waals surface area contributed by atoms with Crippen LogP contribution in [-0.4, -0.2) is 19.9 Å². The van der Waals surface area contributed by atoms with Crippen molar-refractivity contribution in [1.29, 1.82) is 0 Å². The molecule has 1 atom stereocenters. The lowest BCUT2D eigenvalue weighted by Crippen LogP contribution is -2.44. The van der Waals surface area contributed by atoms with Gasteiger partial charge in [0.15, 0.2) is 0 Å². The van der Waals surface area contributed by atoms with E-state index in [0.29, 0.717) is 6.42 Å². The lowest BCUT2D eigenvalue weighted by molar-refractivity contribution is 0.0227. The summed E-state index contributed by atoms with van der Waals surface area (Å²) < 4.78 is 34.6. The predicted molar refractivity (Wildman–Crippen MR) is 129 cm³/mol. The van der Waals surface area contributed by atoms with Crippen molar-refractivity contribution in [3.05, 3.63) is 90.0 Å². The Morgan fingerprint density at radius 1 is 0.939 bits per heavy atom. The molecule has 2 N–H and O–H groups in total. The molecule has 1 aliphatic heterocycles. The largest absolute Gasteiger partial charge is 0.487 e. The monoisotopic (exact) mass is 464 g/mol. The third-order valence-electron chi connectivity index (χ3n) is 6.26. The van der Waals surface area contributed by atoms with Gasteiger partial charge in [0.05, 0.1) is 22.2 Å². The average Bonchev–Trinajstić information content (AvgIpc) is 2.84. The van der Waals surface area contributed by atoms with Gasteiger partial charge in [0.25, 0.3) is 15.9 Å². The van der Waals surface area contributed by atoms with E-state index in [1.807, 2.05) is 24.3 Å². The Balaban J connectivity index is 1.62. The summed E-state index contributed by atoms with van der Waals surface area (Å²) in [6, 6.07) is 22.2. The van der Waals surface area contributed by atoms with E-state index in [1.165, 1.54) is 12.1 Å². The summed E-state index contributed by atoms with van der Waals surface area (Å²) >= 11 is 0. The van der Waals surface area contributed by atoms with Crippen LogP contribution in [-0.2, 0) is 10.0 Å². The molecule has 33 heavy (non-hydrogen) atoms. The standard InChI is InChI=1S/C26H28N2O4S/c1-3-26(4-2)18-23(20-14-9-11-17-24(20)32-26)27-25(29)21-15-8-10-16-22(21)28-33(30,31)19-12-6-5-7-13-19/h5-17,23,28H,3-4,18H2,1-2H3,(H,27,29). The van der Waals surface area contributed by atoms with Crippen LogP contribution in [0.25, 0.3) is 0 Å². The Kier molecular flexibility index (Phi) is 6.42. The molecular formula is C26H28N2O4S. The zero-order valence-corrected chi connectivity index (χ0v) is 19.6. The fourth-order valence-corrected chi connectivity index (χ4v) is 5.34. The first kappa shape index (κ1) is 22.9. The second kappa shape index (κ2) is 9.27. The molecule has 172 valence electrons. The van der Waals surface area contributed by atoms with Gasteiger partial charge in [0.2, 0.25) is 0 Å². The highest BCUT2D eigenvalue weighted by molar-refractivity contribution is 7.92. The lowest BCUT2D eigenvalue weighted by Gasteiger charge is -2.41. The Bertz CT molecular complexity index is 1240. The molecule has 0 radical (unpaired) electrons. The van der Waals surface area contributed by atoms with E-state index in [4.69, 9.17) is 4.74 Å². The van der Waals surface area contributed by atoms with Gasteiger partial charge in [-0.3, -0.25) is 9.52 Å². The molecule has 1 aliphatic rings. The van der Waals surface area contributed by atoms with Crippen LogP contribution in [0, 0.1) is 0 Å². The number of benzene rings is 3. The average molecular weight is 465 g/mol. The van der Waals surface area contributed by atoms with Crippen molar-refractivity contribution in [3.63, 3.8) is 0 Å². The van der Waals surface area contributed by atoms with Crippen molar-refractivity contribution in [1.82, 2.24) is 5.32 Å². The predicted octanol–water partition coefficient (Wildman–Crippen LogP) is 5.30. The van der Waals surface area contributed by atoms with Crippen LogP contribution in [0.3, 0.4) is 0 Å². The van der Waals surface area contributed by atoms with Crippen molar-refractivity contribution in [2.24, 2.45) is 0 Å². The van der Waals surface area contributed by atoms with Crippen LogP contribution in [0.4, 0.5) is 5.69 Å². The van der Waals surface area contributed by atoms with Crippen molar-refractivity contribution in [2.45, 2.75) is 49.6 Å². The second-order valence-corrected chi connectivity index (χ2v) is 9.91. The summed E-state index contributed by atoms with van der Waals surface area (Å²) in [6.45, 7) is 4.17. The minimum Gasteiger partial charge on any atom is -0.487 e. The summed E-state index contributed by atoms with van der Waals surface area (Å²) in [6.07, 6.45) is 2.27. The van der Waals surface area contributed by atoms with E-state index in [-0.39, 0.29) is 33.7 Å². The quantitative estimate of drug-likeness (QED) is 0.497. The molecule has 3 aromatic rings. The third kappa shape index (κ3) is 4.73. The number of fused-ring (bicyclic) bond motifs is 1. The van der Waals surface area contributed by atoms with Crippen molar-refractivity contribution in [3.8, 4) is 5.75 Å². The molecular weight excluding hydrogens is 436 g/mol. The highest BCUT2D eigenvalue weighted by Crippen LogP contribution is 2.42. The number of hydrogen-bond acceptors (Lipinski definition) is 4. The molecule has 0 aliphatic carbocycles. The van der Waals surface area contributed by atoms with E-state index in [2.05, 4.69) is 23.9 Å². The highest BCUT2D eigenvalue weighted by Gasteiger charge is 2.39. The Labute approximate surface area is 195 Å². The van der Waals surface area contributed by atoms with Crippen LogP contribution < -0.4 is 14.8 Å². The third-order valence-corrected chi connectivity index (χ3v) is 7.64. The number of nitrogens with one attached hydrogen (secondary N) is 2. The molecule has 1 heterocycles. The second-order valence-electron chi connectivity index (χ2n) is 8.22. The number of amides is 1. The number of carbonyl (C=O) groups is 1. The zero-order chi connectivity index (χ0) is 23.5. The zero-order valence-electron chi connectivity index (χ0n) is 18.7. The van der Waals surface area contributed by atoms with Gasteiger partial charge in [-0.05, 0) is 43.2 Å². The Morgan fingerprint density at radius 3 is 2.30 bits per heavy atom. The molecule has 4 rings (SSSR count). The summed E-state index contributed by atoms with van der Waals surface area (Å²) in [5.74, 6) is 0.431. The van der Waals surface area contributed by atoms with Gasteiger partial charge in [-0.2, -0.15) is 0 Å². The van der Waals surface area contributed by atoms with Gasteiger partial charge in [-0.25, -0.2) is 8.42 Å².